The van der Waals surface area contributed by atoms with Crippen LogP contribution in [0.1, 0.15) is 10.8 Å². The molecule has 0 saturated heterocycles. The highest BCUT2D eigenvalue weighted by atomic mass is 32.2. The van der Waals surface area contributed by atoms with E-state index >= 15 is 0 Å². The number of carboxylic acid groups (broad SMARTS) is 1. The number of hydrogen-bond donors (Lipinski definition) is 1. The Hall–Kier alpha value is -1.74. The van der Waals surface area contributed by atoms with Crippen LogP contribution in [0.3, 0.4) is 0 Å². The van der Waals surface area contributed by atoms with E-state index in [0.717, 1.165) is 11.1 Å². The number of hydrogen-bond acceptors (Lipinski definition) is 2. The summed E-state index contributed by atoms with van der Waals surface area (Å²) in [6, 6.07) is 9.80. The first-order valence-electron chi connectivity index (χ1n) is 5.52. The maximum absolute atomic E-state index is 10.7. The highest BCUT2D eigenvalue weighted by Gasteiger charge is 2.16. The number of allylic oxidation sites excluding steroid dienone is 3. The third-order valence-corrected chi connectivity index (χ3v) is 3.62. The Bertz CT molecular complexity index is 449. The normalized spacial score (nSPS) is 12.8. The zero-order valence-corrected chi connectivity index (χ0v) is 10.9. The molecule has 3 heteroatoms. The summed E-state index contributed by atoms with van der Waals surface area (Å²) in [5, 5.41) is 8.78. The van der Waals surface area contributed by atoms with E-state index in [1.165, 1.54) is 11.8 Å². The summed E-state index contributed by atoms with van der Waals surface area (Å²) in [5.74, 6) is -0.759. The fourth-order valence-electron chi connectivity index (χ4n) is 1.57. The van der Waals surface area contributed by atoms with Gasteiger partial charge in [0.15, 0.2) is 0 Å². The van der Waals surface area contributed by atoms with Crippen LogP contribution in [-0.2, 0) is 4.79 Å². The van der Waals surface area contributed by atoms with Crippen LogP contribution in [0.4, 0.5) is 0 Å². The molecule has 18 heavy (non-hydrogen) atoms. The first-order valence-corrected chi connectivity index (χ1v) is 6.57. The van der Waals surface area contributed by atoms with Gasteiger partial charge in [0.05, 0.1) is 11.0 Å². The molecule has 0 aromatic heterocycles. The van der Waals surface area contributed by atoms with Crippen molar-refractivity contribution in [2.75, 3.05) is 5.75 Å². The van der Waals surface area contributed by atoms with E-state index in [4.69, 9.17) is 5.11 Å². The molecule has 1 aromatic rings. The number of carboxylic acids is 1. The summed E-state index contributed by atoms with van der Waals surface area (Å²) in [4.78, 5) is 10.7. The maximum Gasteiger partial charge on any atom is 0.313 e. The lowest BCUT2D eigenvalue weighted by molar-refractivity contribution is -0.133. The fraction of sp³-hybridized carbons (Fsp3) is 0.133. The molecule has 2 nitrogen and oxygen atoms in total. The first kappa shape index (κ1) is 14.3. The lowest BCUT2D eigenvalue weighted by Gasteiger charge is -2.17. The lowest BCUT2D eigenvalue weighted by Crippen LogP contribution is -2.04. The number of rotatable bonds is 7. The van der Waals surface area contributed by atoms with Crippen molar-refractivity contribution in [2.45, 2.75) is 5.25 Å². The Morgan fingerprint density at radius 2 is 2.00 bits per heavy atom. The second-order valence-corrected chi connectivity index (χ2v) is 4.70. The van der Waals surface area contributed by atoms with E-state index in [2.05, 4.69) is 13.2 Å². The van der Waals surface area contributed by atoms with Gasteiger partial charge in [-0.15, -0.1) is 11.8 Å². The molecule has 1 N–H and O–H groups in total. The minimum atomic E-state index is -0.817. The topological polar surface area (TPSA) is 37.3 Å². The average molecular weight is 260 g/mol. The predicted molar refractivity (Wildman–Crippen MR) is 77.8 cm³/mol. The summed E-state index contributed by atoms with van der Waals surface area (Å²) in [6.45, 7) is 7.45. The molecule has 0 aliphatic rings. The third kappa shape index (κ3) is 4.26. The lowest BCUT2D eigenvalue weighted by atomic mass is 10.0. The average Bonchev–Trinajstić information content (AvgIpc) is 2.38. The first-order chi connectivity index (χ1) is 8.69. The van der Waals surface area contributed by atoms with Gasteiger partial charge >= 0.3 is 5.97 Å². The van der Waals surface area contributed by atoms with Gasteiger partial charge in [-0.3, -0.25) is 4.79 Å². The molecular formula is C15H16O2S. The molecule has 0 heterocycles. The maximum atomic E-state index is 10.7. The summed E-state index contributed by atoms with van der Waals surface area (Å²) < 4.78 is 0. The van der Waals surface area contributed by atoms with Crippen molar-refractivity contribution in [3.8, 4) is 0 Å². The quantitative estimate of drug-likeness (QED) is 0.757. The number of thioether (sulfide) groups is 1. The van der Waals surface area contributed by atoms with Crippen LogP contribution in [0, 0.1) is 0 Å². The molecule has 1 rings (SSSR count). The Morgan fingerprint density at radius 3 is 2.50 bits per heavy atom. The van der Waals surface area contributed by atoms with E-state index in [1.807, 2.05) is 36.4 Å². The summed E-state index contributed by atoms with van der Waals surface area (Å²) in [6.07, 6.45) is 5.29. The molecule has 0 spiro atoms. The predicted octanol–water partition coefficient (Wildman–Crippen LogP) is 3.84. The van der Waals surface area contributed by atoms with Crippen LogP contribution < -0.4 is 0 Å². The fourth-order valence-corrected chi connectivity index (χ4v) is 2.59. The molecule has 1 atom stereocenters. The van der Waals surface area contributed by atoms with Gasteiger partial charge < -0.3 is 5.11 Å². The van der Waals surface area contributed by atoms with E-state index in [1.54, 1.807) is 12.2 Å². The van der Waals surface area contributed by atoms with Gasteiger partial charge in [-0.1, -0.05) is 61.7 Å². The molecule has 0 aliphatic heterocycles. The highest BCUT2D eigenvalue weighted by molar-refractivity contribution is 8.00. The van der Waals surface area contributed by atoms with Crippen molar-refractivity contribution in [1.29, 1.82) is 0 Å². The van der Waals surface area contributed by atoms with Crippen molar-refractivity contribution in [2.24, 2.45) is 0 Å². The van der Waals surface area contributed by atoms with Crippen LogP contribution in [0.5, 0.6) is 0 Å². The van der Waals surface area contributed by atoms with E-state index in [-0.39, 0.29) is 11.0 Å². The van der Waals surface area contributed by atoms with Crippen LogP contribution >= 0.6 is 11.8 Å². The second-order valence-electron chi connectivity index (χ2n) is 3.60. The van der Waals surface area contributed by atoms with Crippen molar-refractivity contribution >= 4 is 17.7 Å². The second kappa shape index (κ2) is 7.56. The molecule has 0 saturated carbocycles. The van der Waals surface area contributed by atoms with Crippen LogP contribution in [0.25, 0.3) is 0 Å². The van der Waals surface area contributed by atoms with E-state index in [0.29, 0.717) is 0 Å². The smallest absolute Gasteiger partial charge is 0.313 e. The summed E-state index contributed by atoms with van der Waals surface area (Å²) in [5.41, 5.74) is 2.03. The number of benzene rings is 1. The van der Waals surface area contributed by atoms with Crippen LogP contribution in [0.2, 0.25) is 0 Å². The standard InChI is InChI=1S/C15H16O2S/c1-3-8-12(4-2)15(18-11-14(16)17)13-9-6-5-7-10-13/h3-10,15H,1-2,11H2,(H,16,17)/b12-8+. The molecule has 1 unspecified atom stereocenters. The van der Waals surface area contributed by atoms with Gasteiger partial charge in [0.2, 0.25) is 0 Å². The molecule has 0 fully saturated rings. The minimum absolute atomic E-state index is 0.0298. The van der Waals surface area contributed by atoms with Gasteiger partial charge in [0, 0.05) is 0 Å². The summed E-state index contributed by atoms with van der Waals surface area (Å²) >= 11 is 1.37. The molecule has 0 bridgehead atoms. The molecule has 0 aliphatic carbocycles. The Morgan fingerprint density at radius 1 is 1.33 bits per heavy atom. The Balaban J connectivity index is 3.01. The SMILES string of the molecule is C=C/C=C(\C=C)C(SCC(=O)O)c1ccccc1. The van der Waals surface area contributed by atoms with Gasteiger partial charge in [-0.25, -0.2) is 0 Å². The monoisotopic (exact) mass is 260 g/mol. The van der Waals surface area contributed by atoms with E-state index in [9.17, 15) is 4.79 Å². The molecule has 1 aromatic carbocycles. The Kier molecular flexibility index (Phi) is 6.01. The number of carbonyl (C=O) groups is 1. The molecular weight excluding hydrogens is 244 g/mol. The van der Waals surface area contributed by atoms with Crippen molar-refractivity contribution in [1.82, 2.24) is 0 Å². The van der Waals surface area contributed by atoms with Crippen molar-refractivity contribution in [3.05, 3.63) is 72.9 Å². The third-order valence-electron chi connectivity index (χ3n) is 2.32. The van der Waals surface area contributed by atoms with Gasteiger partial charge in [-0.05, 0) is 11.1 Å². The zero-order chi connectivity index (χ0) is 13.4. The van der Waals surface area contributed by atoms with Crippen molar-refractivity contribution < 1.29 is 9.90 Å². The van der Waals surface area contributed by atoms with Gasteiger partial charge in [-0.2, -0.15) is 0 Å². The highest BCUT2D eigenvalue weighted by Crippen LogP contribution is 2.36. The van der Waals surface area contributed by atoms with Crippen molar-refractivity contribution in [3.63, 3.8) is 0 Å². The molecule has 0 amide bonds. The number of aliphatic carboxylic acids is 1. The van der Waals surface area contributed by atoms with Crippen LogP contribution in [-0.4, -0.2) is 16.8 Å². The minimum Gasteiger partial charge on any atom is -0.481 e. The zero-order valence-electron chi connectivity index (χ0n) is 10.1. The van der Waals surface area contributed by atoms with Gasteiger partial charge in [0.1, 0.15) is 0 Å². The largest absolute Gasteiger partial charge is 0.481 e. The van der Waals surface area contributed by atoms with Crippen LogP contribution in [0.15, 0.2) is 67.3 Å². The summed E-state index contributed by atoms with van der Waals surface area (Å²) in [7, 11) is 0. The molecule has 94 valence electrons. The van der Waals surface area contributed by atoms with Gasteiger partial charge in [0.25, 0.3) is 0 Å². The molecule has 0 radical (unpaired) electrons. The Labute approximate surface area is 112 Å². The van der Waals surface area contributed by atoms with E-state index < -0.39 is 5.97 Å².